The fraction of sp³-hybridized carbons (Fsp3) is 0.455. The fourth-order valence-corrected chi connectivity index (χ4v) is 1.60. The van der Waals surface area contributed by atoms with Crippen LogP contribution >= 0.6 is 11.6 Å². The van der Waals surface area contributed by atoms with E-state index >= 15 is 0 Å². The average Bonchev–Trinajstić information content (AvgIpc) is 2.60. The Morgan fingerprint density at radius 2 is 2.00 bits per heavy atom. The fourth-order valence-electron chi connectivity index (χ4n) is 1.39. The topological polar surface area (TPSA) is 71.3 Å². The van der Waals surface area contributed by atoms with E-state index in [1.807, 2.05) is 13.8 Å². The van der Waals surface area contributed by atoms with Crippen LogP contribution in [0.4, 0.5) is 0 Å². The van der Waals surface area contributed by atoms with Crippen LogP contribution in [0.15, 0.2) is 12.3 Å². The van der Waals surface area contributed by atoms with Gasteiger partial charge in [0.05, 0.1) is 5.02 Å². The number of hydrogen-bond acceptors (Lipinski definition) is 2. The highest BCUT2D eigenvalue weighted by Gasteiger charge is 2.19. The second-order valence-electron chi connectivity index (χ2n) is 4.08. The van der Waals surface area contributed by atoms with Crippen molar-refractivity contribution in [2.75, 3.05) is 0 Å². The molecule has 0 bridgehead atoms. The molecule has 1 aromatic heterocycles. The van der Waals surface area contributed by atoms with Gasteiger partial charge in [0.15, 0.2) is 0 Å². The van der Waals surface area contributed by atoms with Gasteiger partial charge in [0.2, 0.25) is 0 Å². The molecule has 1 atom stereocenters. The Labute approximate surface area is 104 Å². The zero-order valence-electron chi connectivity index (χ0n) is 9.90. The van der Waals surface area contributed by atoms with Crippen LogP contribution in [0.25, 0.3) is 0 Å². The lowest BCUT2D eigenvalue weighted by molar-refractivity contribution is -0.138. The van der Waals surface area contributed by atoms with Crippen molar-refractivity contribution >= 4 is 23.5 Å². The second-order valence-corrected chi connectivity index (χ2v) is 4.51. The number of carboxylic acids is 1. The van der Waals surface area contributed by atoms with Gasteiger partial charge in [0.25, 0.3) is 5.91 Å². The minimum atomic E-state index is -1.08. The summed E-state index contributed by atoms with van der Waals surface area (Å²) in [5, 5.41) is 11.6. The van der Waals surface area contributed by atoms with E-state index in [0.717, 1.165) is 0 Å². The monoisotopic (exact) mass is 258 g/mol. The molecule has 17 heavy (non-hydrogen) atoms. The first-order chi connectivity index (χ1) is 7.82. The van der Waals surface area contributed by atoms with Gasteiger partial charge in [-0.05, 0) is 26.8 Å². The molecule has 0 aliphatic heterocycles. The predicted octanol–water partition coefficient (Wildman–Crippen LogP) is 1.93. The third kappa shape index (κ3) is 3.23. The number of amides is 1. The molecule has 1 amide bonds. The van der Waals surface area contributed by atoms with Crippen molar-refractivity contribution in [3.05, 3.63) is 23.0 Å². The number of aliphatic carboxylic acids is 1. The van der Waals surface area contributed by atoms with Gasteiger partial charge in [-0.3, -0.25) is 9.59 Å². The number of halogens is 1. The molecular formula is C11H15ClN2O3. The largest absolute Gasteiger partial charge is 0.480 e. The van der Waals surface area contributed by atoms with Crippen molar-refractivity contribution < 1.29 is 14.7 Å². The molecule has 0 spiro atoms. The molecule has 1 aromatic rings. The Bertz CT molecular complexity index is 440. The summed E-state index contributed by atoms with van der Waals surface area (Å²) in [4.78, 5) is 22.5. The van der Waals surface area contributed by atoms with E-state index < -0.39 is 17.9 Å². The third-order valence-corrected chi connectivity index (χ3v) is 2.53. The summed E-state index contributed by atoms with van der Waals surface area (Å²) in [5.41, 5.74) is 0.359. The SMILES string of the molecule is CC(C)n1cc(Cl)cc1C(=O)N[C@H](C)C(=O)O. The number of aromatic nitrogens is 1. The normalized spacial score (nSPS) is 12.5. The van der Waals surface area contributed by atoms with Crippen LogP contribution in [0.5, 0.6) is 0 Å². The lowest BCUT2D eigenvalue weighted by atomic mass is 10.3. The molecular weight excluding hydrogens is 244 g/mol. The molecule has 0 fully saturated rings. The van der Waals surface area contributed by atoms with Crippen molar-refractivity contribution in [3.8, 4) is 0 Å². The van der Waals surface area contributed by atoms with E-state index in [-0.39, 0.29) is 6.04 Å². The van der Waals surface area contributed by atoms with E-state index in [9.17, 15) is 9.59 Å². The van der Waals surface area contributed by atoms with Crippen LogP contribution < -0.4 is 5.32 Å². The Hall–Kier alpha value is -1.49. The summed E-state index contributed by atoms with van der Waals surface area (Å²) < 4.78 is 1.70. The quantitative estimate of drug-likeness (QED) is 0.867. The first-order valence-electron chi connectivity index (χ1n) is 5.24. The first kappa shape index (κ1) is 13.6. The smallest absolute Gasteiger partial charge is 0.325 e. The molecule has 0 saturated heterocycles. The van der Waals surface area contributed by atoms with Crippen LogP contribution in [-0.4, -0.2) is 27.6 Å². The first-order valence-corrected chi connectivity index (χ1v) is 5.61. The van der Waals surface area contributed by atoms with Crippen LogP contribution in [0, 0.1) is 0 Å². The summed E-state index contributed by atoms with van der Waals surface area (Å²) in [6.45, 7) is 5.23. The standard InChI is InChI=1S/C11H15ClN2O3/c1-6(2)14-5-8(12)4-9(14)10(15)13-7(3)11(16)17/h4-7H,1-3H3,(H,13,15)(H,16,17)/t7-/m1/s1. The number of carbonyl (C=O) groups excluding carboxylic acids is 1. The highest BCUT2D eigenvalue weighted by molar-refractivity contribution is 6.31. The van der Waals surface area contributed by atoms with Crippen molar-refractivity contribution in [2.45, 2.75) is 32.9 Å². The zero-order valence-corrected chi connectivity index (χ0v) is 10.7. The summed E-state index contributed by atoms with van der Waals surface area (Å²) in [6, 6.07) is 0.658. The molecule has 0 aromatic carbocycles. The minimum Gasteiger partial charge on any atom is -0.480 e. The zero-order chi connectivity index (χ0) is 13.2. The van der Waals surface area contributed by atoms with E-state index in [0.29, 0.717) is 10.7 Å². The number of carboxylic acid groups (broad SMARTS) is 1. The number of nitrogens with zero attached hydrogens (tertiary/aromatic N) is 1. The highest BCUT2D eigenvalue weighted by atomic mass is 35.5. The molecule has 5 nitrogen and oxygen atoms in total. The second kappa shape index (κ2) is 5.23. The lowest BCUT2D eigenvalue weighted by Crippen LogP contribution is -2.39. The summed E-state index contributed by atoms with van der Waals surface area (Å²) in [6.07, 6.45) is 1.65. The van der Waals surface area contributed by atoms with Crippen LogP contribution in [0.1, 0.15) is 37.3 Å². The Balaban J connectivity index is 2.92. The average molecular weight is 259 g/mol. The predicted molar refractivity (Wildman–Crippen MR) is 64.4 cm³/mol. The van der Waals surface area contributed by atoms with E-state index in [4.69, 9.17) is 16.7 Å². The molecule has 1 rings (SSSR count). The van der Waals surface area contributed by atoms with Crippen molar-refractivity contribution in [2.24, 2.45) is 0 Å². The molecule has 0 unspecified atom stereocenters. The third-order valence-electron chi connectivity index (χ3n) is 2.32. The van der Waals surface area contributed by atoms with Gasteiger partial charge in [-0.1, -0.05) is 11.6 Å². The number of carbonyl (C=O) groups is 2. The summed E-state index contributed by atoms with van der Waals surface area (Å²) >= 11 is 5.84. The number of rotatable bonds is 4. The van der Waals surface area contributed by atoms with Gasteiger partial charge >= 0.3 is 5.97 Å². The molecule has 0 saturated carbocycles. The van der Waals surface area contributed by atoms with E-state index in [1.54, 1.807) is 10.8 Å². The number of hydrogen-bond donors (Lipinski definition) is 2. The molecule has 2 N–H and O–H groups in total. The van der Waals surface area contributed by atoms with E-state index in [1.165, 1.54) is 13.0 Å². The highest BCUT2D eigenvalue weighted by Crippen LogP contribution is 2.18. The molecule has 0 aliphatic rings. The van der Waals surface area contributed by atoms with Gasteiger partial charge in [0, 0.05) is 12.2 Å². The molecule has 0 aliphatic carbocycles. The van der Waals surface area contributed by atoms with Crippen LogP contribution in [-0.2, 0) is 4.79 Å². The van der Waals surface area contributed by atoms with Crippen LogP contribution in [0.3, 0.4) is 0 Å². The molecule has 1 heterocycles. The Morgan fingerprint density at radius 3 is 2.47 bits per heavy atom. The van der Waals surface area contributed by atoms with Gasteiger partial charge in [0.1, 0.15) is 11.7 Å². The molecule has 94 valence electrons. The van der Waals surface area contributed by atoms with Gasteiger partial charge in [-0.2, -0.15) is 0 Å². The Morgan fingerprint density at radius 1 is 1.41 bits per heavy atom. The van der Waals surface area contributed by atoms with Crippen molar-refractivity contribution in [1.29, 1.82) is 0 Å². The van der Waals surface area contributed by atoms with Gasteiger partial charge in [-0.15, -0.1) is 0 Å². The Kier molecular flexibility index (Phi) is 4.17. The minimum absolute atomic E-state index is 0.0726. The van der Waals surface area contributed by atoms with Gasteiger partial charge in [-0.25, -0.2) is 0 Å². The number of nitrogens with one attached hydrogen (secondary N) is 1. The maximum absolute atomic E-state index is 11.8. The molecule has 6 heteroatoms. The van der Waals surface area contributed by atoms with E-state index in [2.05, 4.69) is 5.32 Å². The van der Waals surface area contributed by atoms with Gasteiger partial charge < -0.3 is 15.0 Å². The summed E-state index contributed by atoms with van der Waals surface area (Å²) in [7, 11) is 0. The van der Waals surface area contributed by atoms with Crippen molar-refractivity contribution in [3.63, 3.8) is 0 Å². The summed E-state index contributed by atoms with van der Waals surface area (Å²) in [5.74, 6) is -1.52. The molecule has 0 radical (unpaired) electrons. The lowest BCUT2D eigenvalue weighted by Gasteiger charge is -2.14. The van der Waals surface area contributed by atoms with Crippen LogP contribution in [0.2, 0.25) is 5.02 Å². The maximum atomic E-state index is 11.8. The maximum Gasteiger partial charge on any atom is 0.325 e. The van der Waals surface area contributed by atoms with Crippen molar-refractivity contribution in [1.82, 2.24) is 9.88 Å².